The van der Waals surface area contributed by atoms with Crippen molar-refractivity contribution in [2.75, 3.05) is 6.54 Å². The van der Waals surface area contributed by atoms with E-state index in [1.807, 2.05) is 17.8 Å². The zero-order valence-corrected chi connectivity index (χ0v) is 15.0. The third kappa shape index (κ3) is 2.46. The monoisotopic (exact) mass is 350 g/mol. The first-order chi connectivity index (χ1) is 12.4. The lowest BCUT2D eigenvalue weighted by Gasteiger charge is -2.48. The number of rotatable bonds is 2. The standard InChI is InChI=1S/C21H22N2OS/c1-3-9-16(10-4-1)20-22-24-21(18-12-5-2-6-13-18)23(20)15-17-11-7-8-14-19(17)25-21/h1-6,9-10,12-13,17,19H,7-8,11,14-15H2/t17-,19+,21?/m0/s1. The number of oxime groups is 1. The molecule has 1 saturated heterocycles. The summed E-state index contributed by atoms with van der Waals surface area (Å²) in [4.78, 5) is 8.63. The van der Waals surface area contributed by atoms with Crippen LogP contribution < -0.4 is 0 Å². The van der Waals surface area contributed by atoms with Gasteiger partial charge in [-0.1, -0.05) is 90.4 Å². The molecule has 0 amide bonds. The zero-order chi connectivity index (χ0) is 16.7. The molecule has 5 rings (SSSR count). The molecule has 2 aromatic rings. The second kappa shape index (κ2) is 6.10. The van der Waals surface area contributed by atoms with Crippen molar-refractivity contribution in [1.29, 1.82) is 0 Å². The predicted molar refractivity (Wildman–Crippen MR) is 102 cm³/mol. The number of hydrogen-bond donors (Lipinski definition) is 0. The van der Waals surface area contributed by atoms with Crippen molar-refractivity contribution in [2.24, 2.45) is 11.1 Å². The molecule has 0 spiro atoms. The van der Waals surface area contributed by atoms with Gasteiger partial charge in [0.2, 0.25) is 0 Å². The average Bonchev–Trinajstić information content (AvgIpc) is 3.07. The number of thioether (sulfide) groups is 1. The predicted octanol–water partition coefficient (Wildman–Crippen LogP) is 4.80. The van der Waals surface area contributed by atoms with Crippen LogP contribution in [0, 0.1) is 5.92 Å². The molecule has 0 N–H and O–H groups in total. The molecule has 2 aliphatic heterocycles. The molecule has 0 bridgehead atoms. The van der Waals surface area contributed by atoms with Crippen LogP contribution in [0.2, 0.25) is 0 Å². The highest BCUT2D eigenvalue weighted by Gasteiger charge is 2.55. The van der Waals surface area contributed by atoms with Gasteiger partial charge in [-0.15, -0.1) is 0 Å². The fraction of sp³-hybridized carbons (Fsp3) is 0.381. The van der Waals surface area contributed by atoms with E-state index in [-0.39, 0.29) is 0 Å². The topological polar surface area (TPSA) is 24.8 Å². The van der Waals surface area contributed by atoms with Crippen LogP contribution in [0.25, 0.3) is 0 Å². The van der Waals surface area contributed by atoms with Gasteiger partial charge in [0.05, 0.1) is 0 Å². The normalized spacial score (nSPS) is 30.9. The Bertz CT molecular complexity index is 779. The molecule has 4 heteroatoms. The molecule has 0 radical (unpaired) electrons. The Kier molecular flexibility index (Phi) is 3.74. The highest BCUT2D eigenvalue weighted by atomic mass is 32.2. The molecular weight excluding hydrogens is 328 g/mol. The zero-order valence-electron chi connectivity index (χ0n) is 14.2. The van der Waals surface area contributed by atoms with Crippen LogP contribution in [0.5, 0.6) is 0 Å². The molecule has 25 heavy (non-hydrogen) atoms. The first-order valence-electron chi connectivity index (χ1n) is 9.19. The summed E-state index contributed by atoms with van der Waals surface area (Å²) >= 11 is 1.97. The van der Waals surface area contributed by atoms with E-state index in [0.29, 0.717) is 5.25 Å². The minimum Gasteiger partial charge on any atom is -0.348 e. The van der Waals surface area contributed by atoms with Gasteiger partial charge in [-0.2, -0.15) is 0 Å². The van der Waals surface area contributed by atoms with Gasteiger partial charge in [0.15, 0.2) is 5.84 Å². The maximum absolute atomic E-state index is 6.22. The fourth-order valence-electron chi connectivity index (χ4n) is 4.33. The van der Waals surface area contributed by atoms with Crippen LogP contribution in [0.15, 0.2) is 65.8 Å². The van der Waals surface area contributed by atoms with E-state index in [2.05, 4.69) is 64.7 Å². The lowest BCUT2D eigenvalue weighted by molar-refractivity contribution is -0.0400. The van der Waals surface area contributed by atoms with Crippen molar-refractivity contribution >= 4 is 17.6 Å². The van der Waals surface area contributed by atoms with Crippen molar-refractivity contribution in [3.05, 3.63) is 71.8 Å². The molecule has 0 aromatic heterocycles. The first-order valence-corrected chi connectivity index (χ1v) is 10.1. The Labute approximate surface area is 153 Å². The highest BCUT2D eigenvalue weighted by molar-refractivity contribution is 8.00. The van der Waals surface area contributed by atoms with Crippen LogP contribution in [0.1, 0.15) is 36.8 Å². The average molecular weight is 350 g/mol. The summed E-state index contributed by atoms with van der Waals surface area (Å²) in [5.41, 5.74) is 2.33. The van der Waals surface area contributed by atoms with Crippen molar-refractivity contribution in [2.45, 2.75) is 36.0 Å². The Morgan fingerprint density at radius 1 is 0.960 bits per heavy atom. The minimum atomic E-state index is -0.509. The quantitative estimate of drug-likeness (QED) is 0.778. The van der Waals surface area contributed by atoms with E-state index in [4.69, 9.17) is 4.84 Å². The van der Waals surface area contributed by atoms with Gasteiger partial charge in [-0.25, -0.2) is 0 Å². The molecule has 3 nitrogen and oxygen atoms in total. The lowest BCUT2D eigenvalue weighted by Crippen LogP contribution is -2.53. The third-order valence-electron chi connectivity index (χ3n) is 5.60. The first kappa shape index (κ1) is 15.3. The van der Waals surface area contributed by atoms with E-state index < -0.39 is 5.06 Å². The molecule has 1 unspecified atom stereocenters. The van der Waals surface area contributed by atoms with Crippen molar-refractivity contribution in [3.63, 3.8) is 0 Å². The Hall–Kier alpha value is -1.94. The number of amidine groups is 1. The van der Waals surface area contributed by atoms with Gasteiger partial charge in [0.1, 0.15) is 0 Å². The molecule has 3 atom stereocenters. The summed E-state index contributed by atoms with van der Waals surface area (Å²) in [7, 11) is 0. The van der Waals surface area contributed by atoms with Gasteiger partial charge in [0, 0.05) is 22.9 Å². The summed E-state index contributed by atoms with van der Waals surface area (Å²) in [5, 5.41) is 4.73. The van der Waals surface area contributed by atoms with Crippen LogP contribution >= 0.6 is 11.8 Å². The third-order valence-corrected chi connectivity index (χ3v) is 7.38. The van der Waals surface area contributed by atoms with Gasteiger partial charge < -0.3 is 9.74 Å². The fourth-order valence-corrected chi connectivity index (χ4v) is 6.08. The maximum atomic E-state index is 6.22. The summed E-state index contributed by atoms with van der Waals surface area (Å²) < 4.78 is 0. The van der Waals surface area contributed by atoms with Crippen molar-refractivity contribution in [1.82, 2.24) is 4.90 Å². The largest absolute Gasteiger partial charge is 0.348 e. The summed E-state index contributed by atoms with van der Waals surface area (Å²) in [6.07, 6.45) is 5.31. The Morgan fingerprint density at radius 3 is 2.48 bits per heavy atom. The highest BCUT2D eigenvalue weighted by Crippen LogP contribution is 2.55. The second-order valence-corrected chi connectivity index (χ2v) is 8.53. The van der Waals surface area contributed by atoms with Crippen molar-refractivity contribution < 1.29 is 4.84 Å². The summed E-state index contributed by atoms with van der Waals surface area (Å²) in [5.74, 6) is 1.70. The van der Waals surface area contributed by atoms with Gasteiger partial charge in [-0.05, 0) is 18.8 Å². The molecule has 1 saturated carbocycles. The SMILES string of the molecule is c1ccc(C2=NOC3(c4ccccc4)S[C@@H]4CCCC[C@H]4CN23)cc1. The van der Waals surface area contributed by atoms with Crippen LogP contribution in [0.4, 0.5) is 0 Å². The van der Waals surface area contributed by atoms with Gasteiger partial charge >= 0.3 is 0 Å². The molecular formula is C21H22N2OS. The number of fused-ring (bicyclic) bond motifs is 2. The second-order valence-electron chi connectivity index (χ2n) is 7.13. The number of hydrogen-bond acceptors (Lipinski definition) is 4. The van der Waals surface area contributed by atoms with Crippen LogP contribution in [0.3, 0.4) is 0 Å². The number of benzene rings is 2. The van der Waals surface area contributed by atoms with Crippen LogP contribution in [-0.4, -0.2) is 22.5 Å². The minimum absolute atomic E-state index is 0.509. The lowest BCUT2D eigenvalue weighted by atomic mass is 9.87. The Morgan fingerprint density at radius 2 is 1.68 bits per heavy atom. The van der Waals surface area contributed by atoms with E-state index in [1.165, 1.54) is 31.2 Å². The van der Waals surface area contributed by atoms with Gasteiger partial charge in [-0.3, -0.25) is 0 Å². The van der Waals surface area contributed by atoms with Gasteiger partial charge in [0.25, 0.3) is 5.06 Å². The number of nitrogens with zero attached hydrogens (tertiary/aromatic N) is 2. The summed E-state index contributed by atoms with van der Waals surface area (Å²) in [6.45, 7) is 1.03. The smallest absolute Gasteiger partial charge is 0.285 e. The van der Waals surface area contributed by atoms with E-state index in [0.717, 1.165) is 23.9 Å². The molecule has 2 heterocycles. The van der Waals surface area contributed by atoms with E-state index >= 15 is 0 Å². The Balaban J connectivity index is 1.58. The molecule has 2 fully saturated rings. The maximum Gasteiger partial charge on any atom is 0.285 e. The molecule has 2 aromatic carbocycles. The molecule has 1 aliphatic carbocycles. The summed E-state index contributed by atoms with van der Waals surface area (Å²) in [6, 6.07) is 21.0. The van der Waals surface area contributed by atoms with Crippen LogP contribution in [-0.2, 0) is 9.89 Å². The van der Waals surface area contributed by atoms with Crippen molar-refractivity contribution in [3.8, 4) is 0 Å². The molecule has 128 valence electrons. The molecule has 3 aliphatic rings. The van der Waals surface area contributed by atoms with E-state index in [9.17, 15) is 0 Å². The van der Waals surface area contributed by atoms with E-state index in [1.54, 1.807) is 0 Å².